The number of hydrogen-bond acceptors (Lipinski definition) is 3. The Bertz CT molecular complexity index is 255. The van der Waals surface area contributed by atoms with Gasteiger partial charge in [0.05, 0.1) is 12.0 Å². The highest BCUT2D eigenvalue weighted by Crippen LogP contribution is 2.34. The van der Waals surface area contributed by atoms with Crippen molar-refractivity contribution in [3.05, 3.63) is 0 Å². The summed E-state index contributed by atoms with van der Waals surface area (Å²) in [6.45, 7) is 7.96. The van der Waals surface area contributed by atoms with Gasteiger partial charge in [-0.1, -0.05) is 13.8 Å². The molecular formula is C14H25NO2. The van der Waals surface area contributed by atoms with Gasteiger partial charge in [0.1, 0.15) is 6.29 Å². The van der Waals surface area contributed by atoms with E-state index in [1.54, 1.807) is 0 Å². The standard InChI is InChI=1S/C14H25NO2/c1-12(2)8-15(13-4-5-13)9-14(10-16)6-3-7-17-11-14/h10,12-13H,3-9,11H2,1-2H3. The number of aldehydes is 1. The van der Waals surface area contributed by atoms with Crippen molar-refractivity contribution in [2.45, 2.75) is 45.6 Å². The van der Waals surface area contributed by atoms with Crippen LogP contribution in [0.2, 0.25) is 0 Å². The maximum Gasteiger partial charge on any atom is 0.129 e. The summed E-state index contributed by atoms with van der Waals surface area (Å²) in [4.78, 5) is 14.0. The van der Waals surface area contributed by atoms with Crippen LogP contribution in [0, 0.1) is 11.3 Å². The lowest BCUT2D eigenvalue weighted by molar-refractivity contribution is -0.126. The summed E-state index contributed by atoms with van der Waals surface area (Å²) in [5.41, 5.74) is -0.226. The fraction of sp³-hybridized carbons (Fsp3) is 0.929. The Morgan fingerprint density at radius 3 is 2.71 bits per heavy atom. The molecule has 0 aromatic heterocycles. The fourth-order valence-corrected chi connectivity index (χ4v) is 2.78. The highest BCUT2D eigenvalue weighted by molar-refractivity contribution is 5.60. The molecule has 1 saturated carbocycles. The average molecular weight is 239 g/mol. The normalized spacial score (nSPS) is 29.9. The van der Waals surface area contributed by atoms with Gasteiger partial charge < -0.3 is 9.53 Å². The first-order valence-corrected chi connectivity index (χ1v) is 6.93. The van der Waals surface area contributed by atoms with Crippen LogP contribution in [0.25, 0.3) is 0 Å². The van der Waals surface area contributed by atoms with Crippen LogP contribution in [-0.2, 0) is 9.53 Å². The van der Waals surface area contributed by atoms with Gasteiger partial charge in [-0.15, -0.1) is 0 Å². The second-order valence-corrected chi connectivity index (χ2v) is 6.19. The van der Waals surface area contributed by atoms with Crippen molar-refractivity contribution in [1.82, 2.24) is 4.90 Å². The van der Waals surface area contributed by atoms with Crippen LogP contribution in [0.15, 0.2) is 0 Å². The molecule has 0 radical (unpaired) electrons. The third kappa shape index (κ3) is 3.52. The topological polar surface area (TPSA) is 29.5 Å². The Hall–Kier alpha value is -0.410. The molecule has 1 aliphatic carbocycles. The summed E-state index contributed by atoms with van der Waals surface area (Å²) in [7, 11) is 0. The molecule has 0 aromatic carbocycles. The highest BCUT2D eigenvalue weighted by atomic mass is 16.5. The molecule has 2 aliphatic rings. The smallest absolute Gasteiger partial charge is 0.129 e. The SMILES string of the molecule is CC(C)CN(CC1(C=O)CCCOC1)C1CC1. The first-order chi connectivity index (χ1) is 8.15. The number of rotatable bonds is 6. The van der Waals surface area contributed by atoms with E-state index in [-0.39, 0.29) is 5.41 Å². The lowest BCUT2D eigenvalue weighted by atomic mass is 9.83. The molecule has 17 heavy (non-hydrogen) atoms. The predicted molar refractivity (Wildman–Crippen MR) is 68.0 cm³/mol. The molecule has 3 heteroatoms. The highest BCUT2D eigenvalue weighted by Gasteiger charge is 2.39. The minimum atomic E-state index is -0.226. The van der Waals surface area contributed by atoms with Crippen molar-refractivity contribution in [2.75, 3.05) is 26.3 Å². The van der Waals surface area contributed by atoms with E-state index in [1.165, 1.54) is 12.8 Å². The van der Waals surface area contributed by atoms with Crippen molar-refractivity contribution >= 4 is 6.29 Å². The van der Waals surface area contributed by atoms with Gasteiger partial charge in [-0.25, -0.2) is 0 Å². The molecule has 0 amide bonds. The largest absolute Gasteiger partial charge is 0.380 e. The van der Waals surface area contributed by atoms with Gasteiger partial charge in [0.15, 0.2) is 0 Å². The summed E-state index contributed by atoms with van der Waals surface area (Å²) < 4.78 is 5.52. The Morgan fingerprint density at radius 1 is 1.47 bits per heavy atom. The summed E-state index contributed by atoms with van der Waals surface area (Å²) >= 11 is 0. The lowest BCUT2D eigenvalue weighted by Crippen LogP contribution is -2.46. The van der Waals surface area contributed by atoms with Gasteiger partial charge in [0.25, 0.3) is 0 Å². The molecule has 1 heterocycles. The fourth-order valence-electron chi connectivity index (χ4n) is 2.78. The molecule has 0 bridgehead atoms. The molecule has 2 fully saturated rings. The molecule has 1 unspecified atom stereocenters. The second-order valence-electron chi connectivity index (χ2n) is 6.19. The molecule has 98 valence electrons. The lowest BCUT2D eigenvalue weighted by Gasteiger charge is -2.37. The Balaban J connectivity index is 1.96. The molecule has 0 N–H and O–H groups in total. The number of carbonyl (C=O) groups is 1. The second kappa shape index (κ2) is 5.49. The minimum Gasteiger partial charge on any atom is -0.380 e. The molecule has 1 atom stereocenters. The summed E-state index contributed by atoms with van der Waals surface area (Å²) in [6.07, 6.45) is 5.80. The van der Waals surface area contributed by atoms with Crippen LogP contribution in [-0.4, -0.2) is 43.5 Å². The van der Waals surface area contributed by atoms with Gasteiger partial charge in [-0.2, -0.15) is 0 Å². The Labute approximate surface area is 105 Å². The first-order valence-electron chi connectivity index (χ1n) is 6.93. The Kier molecular flexibility index (Phi) is 4.21. The zero-order valence-electron chi connectivity index (χ0n) is 11.2. The van der Waals surface area contributed by atoms with E-state index in [1.807, 2.05) is 0 Å². The third-order valence-corrected chi connectivity index (χ3v) is 3.78. The number of hydrogen-bond donors (Lipinski definition) is 0. The van der Waals surface area contributed by atoms with Crippen molar-refractivity contribution in [1.29, 1.82) is 0 Å². The van der Waals surface area contributed by atoms with Gasteiger partial charge in [-0.3, -0.25) is 4.90 Å². The van der Waals surface area contributed by atoms with E-state index in [0.29, 0.717) is 12.5 Å². The van der Waals surface area contributed by atoms with Crippen LogP contribution in [0.3, 0.4) is 0 Å². The molecule has 1 saturated heterocycles. The van der Waals surface area contributed by atoms with Gasteiger partial charge in [-0.05, 0) is 31.6 Å². The summed E-state index contributed by atoms with van der Waals surface area (Å²) in [5.74, 6) is 0.670. The van der Waals surface area contributed by atoms with E-state index in [2.05, 4.69) is 18.7 Å². The van der Waals surface area contributed by atoms with E-state index in [4.69, 9.17) is 4.74 Å². The summed E-state index contributed by atoms with van der Waals surface area (Å²) in [5, 5.41) is 0. The molecule has 1 aliphatic heterocycles. The van der Waals surface area contributed by atoms with Crippen LogP contribution >= 0.6 is 0 Å². The third-order valence-electron chi connectivity index (χ3n) is 3.78. The number of ether oxygens (including phenoxy) is 1. The molecule has 0 spiro atoms. The average Bonchev–Trinajstić information content (AvgIpc) is 3.13. The number of carbonyl (C=O) groups excluding carboxylic acids is 1. The van der Waals surface area contributed by atoms with Gasteiger partial charge in [0, 0.05) is 25.7 Å². The van der Waals surface area contributed by atoms with Crippen molar-refractivity contribution in [3.8, 4) is 0 Å². The van der Waals surface area contributed by atoms with E-state index in [9.17, 15) is 4.79 Å². The van der Waals surface area contributed by atoms with Crippen molar-refractivity contribution < 1.29 is 9.53 Å². The first kappa shape index (κ1) is 13.0. The van der Waals surface area contributed by atoms with E-state index >= 15 is 0 Å². The van der Waals surface area contributed by atoms with E-state index < -0.39 is 0 Å². The zero-order chi connectivity index (χ0) is 12.3. The van der Waals surface area contributed by atoms with Crippen LogP contribution in [0.1, 0.15) is 39.5 Å². The van der Waals surface area contributed by atoms with Crippen molar-refractivity contribution in [2.24, 2.45) is 11.3 Å². The van der Waals surface area contributed by atoms with Crippen LogP contribution in [0.4, 0.5) is 0 Å². The number of nitrogens with zero attached hydrogens (tertiary/aromatic N) is 1. The summed E-state index contributed by atoms with van der Waals surface area (Å²) in [6, 6.07) is 0.733. The van der Waals surface area contributed by atoms with Crippen LogP contribution < -0.4 is 0 Å². The molecule has 3 nitrogen and oxygen atoms in total. The van der Waals surface area contributed by atoms with Gasteiger partial charge >= 0.3 is 0 Å². The maximum atomic E-state index is 11.4. The molecule has 2 rings (SSSR count). The monoisotopic (exact) mass is 239 g/mol. The molecule has 0 aromatic rings. The quantitative estimate of drug-likeness (QED) is 0.665. The Morgan fingerprint density at radius 2 is 2.24 bits per heavy atom. The van der Waals surface area contributed by atoms with E-state index in [0.717, 1.165) is 44.9 Å². The van der Waals surface area contributed by atoms with Crippen LogP contribution in [0.5, 0.6) is 0 Å². The minimum absolute atomic E-state index is 0.226. The van der Waals surface area contributed by atoms with Crippen molar-refractivity contribution in [3.63, 3.8) is 0 Å². The predicted octanol–water partition coefficient (Wildman–Crippen LogP) is 2.10. The molecular weight excluding hydrogens is 214 g/mol. The maximum absolute atomic E-state index is 11.4. The zero-order valence-corrected chi connectivity index (χ0v) is 11.2. The van der Waals surface area contributed by atoms with Gasteiger partial charge in [0.2, 0.25) is 0 Å².